The van der Waals surface area contributed by atoms with Crippen molar-refractivity contribution in [3.63, 3.8) is 0 Å². The quantitative estimate of drug-likeness (QED) is 0.714. The van der Waals surface area contributed by atoms with Crippen LogP contribution < -0.4 is 5.32 Å². The van der Waals surface area contributed by atoms with E-state index in [0.29, 0.717) is 13.2 Å². The van der Waals surface area contributed by atoms with Gasteiger partial charge in [0, 0.05) is 6.61 Å². The van der Waals surface area contributed by atoms with Crippen LogP contribution in [-0.2, 0) is 9.47 Å². The van der Waals surface area contributed by atoms with E-state index in [1.165, 1.54) is 0 Å². The van der Waals surface area contributed by atoms with E-state index in [0.717, 1.165) is 32.4 Å². The summed E-state index contributed by atoms with van der Waals surface area (Å²) in [6.45, 7) is 6.66. The van der Waals surface area contributed by atoms with E-state index < -0.39 is 5.54 Å². The SMILES string of the molecule is CCCNC(C)(C#N)COCC1CCCO1. The third-order valence-electron chi connectivity index (χ3n) is 2.73. The van der Waals surface area contributed by atoms with Crippen molar-refractivity contribution in [1.82, 2.24) is 5.32 Å². The van der Waals surface area contributed by atoms with Gasteiger partial charge in [0.1, 0.15) is 5.54 Å². The van der Waals surface area contributed by atoms with E-state index in [1.54, 1.807) is 0 Å². The molecule has 0 spiro atoms. The van der Waals surface area contributed by atoms with Crippen LogP contribution in [0, 0.1) is 11.3 Å². The zero-order chi connectivity index (χ0) is 11.9. The van der Waals surface area contributed by atoms with Crippen molar-refractivity contribution in [3.05, 3.63) is 0 Å². The number of hydrogen-bond acceptors (Lipinski definition) is 4. The Balaban J connectivity index is 2.19. The van der Waals surface area contributed by atoms with Crippen LogP contribution in [0.2, 0.25) is 0 Å². The molecule has 0 aromatic carbocycles. The zero-order valence-corrected chi connectivity index (χ0v) is 10.3. The van der Waals surface area contributed by atoms with Crippen LogP contribution in [0.3, 0.4) is 0 Å². The molecule has 1 fully saturated rings. The fourth-order valence-corrected chi connectivity index (χ4v) is 1.69. The molecule has 1 aliphatic rings. The molecule has 0 radical (unpaired) electrons. The number of ether oxygens (including phenoxy) is 2. The monoisotopic (exact) mass is 226 g/mol. The van der Waals surface area contributed by atoms with Crippen molar-refractivity contribution in [2.75, 3.05) is 26.4 Å². The van der Waals surface area contributed by atoms with Gasteiger partial charge in [0.25, 0.3) is 0 Å². The summed E-state index contributed by atoms with van der Waals surface area (Å²) in [7, 11) is 0. The molecule has 1 rings (SSSR count). The van der Waals surface area contributed by atoms with Gasteiger partial charge in [-0.2, -0.15) is 5.26 Å². The smallest absolute Gasteiger partial charge is 0.127 e. The van der Waals surface area contributed by atoms with Crippen molar-refractivity contribution in [3.8, 4) is 6.07 Å². The van der Waals surface area contributed by atoms with E-state index in [1.807, 2.05) is 6.92 Å². The Morgan fingerprint density at radius 2 is 2.44 bits per heavy atom. The predicted octanol–water partition coefficient (Wildman–Crippen LogP) is 1.46. The zero-order valence-electron chi connectivity index (χ0n) is 10.3. The average molecular weight is 226 g/mol. The average Bonchev–Trinajstić information content (AvgIpc) is 2.79. The van der Waals surface area contributed by atoms with Gasteiger partial charge in [0.15, 0.2) is 0 Å². The summed E-state index contributed by atoms with van der Waals surface area (Å²) in [4.78, 5) is 0. The Hall–Kier alpha value is -0.630. The Kier molecular flexibility index (Phi) is 5.75. The van der Waals surface area contributed by atoms with Crippen molar-refractivity contribution in [2.24, 2.45) is 0 Å². The summed E-state index contributed by atoms with van der Waals surface area (Å²) >= 11 is 0. The lowest BCUT2D eigenvalue weighted by molar-refractivity contribution is 0.00448. The summed E-state index contributed by atoms with van der Waals surface area (Å²) < 4.78 is 11.0. The van der Waals surface area contributed by atoms with E-state index in [4.69, 9.17) is 14.7 Å². The Bertz CT molecular complexity index is 234. The lowest BCUT2D eigenvalue weighted by Gasteiger charge is -2.23. The Labute approximate surface area is 97.9 Å². The minimum atomic E-state index is -0.575. The summed E-state index contributed by atoms with van der Waals surface area (Å²) in [5.41, 5.74) is -0.575. The third kappa shape index (κ3) is 4.48. The first-order valence-electron chi connectivity index (χ1n) is 6.06. The molecule has 1 aliphatic heterocycles. The van der Waals surface area contributed by atoms with Crippen LogP contribution >= 0.6 is 0 Å². The Morgan fingerprint density at radius 3 is 3.00 bits per heavy atom. The maximum Gasteiger partial charge on any atom is 0.127 e. The molecule has 16 heavy (non-hydrogen) atoms. The second-order valence-electron chi connectivity index (χ2n) is 4.52. The molecule has 0 saturated carbocycles. The summed E-state index contributed by atoms with van der Waals surface area (Å²) in [6.07, 6.45) is 3.45. The highest BCUT2D eigenvalue weighted by Crippen LogP contribution is 2.13. The van der Waals surface area contributed by atoms with Crippen LogP contribution in [0.1, 0.15) is 33.1 Å². The highest BCUT2D eigenvalue weighted by Gasteiger charge is 2.24. The van der Waals surface area contributed by atoms with Crippen molar-refractivity contribution < 1.29 is 9.47 Å². The number of nitriles is 1. The molecule has 0 bridgehead atoms. The van der Waals surface area contributed by atoms with Crippen LogP contribution in [0.4, 0.5) is 0 Å². The van der Waals surface area contributed by atoms with Crippen LogP contribution in [-0.4, -0.2) is 38.0 Å². The third-order valence-corrected chi connectivity index (χ3v) is 2.73. The minimum absolute atomic E-state index is 0.231. The highest BCUT2D eigenvalue weighted by atomic mass is 16.5. The molecule has 92 valence electrons. The number of nitrogens with zero attached hydrogens (tertiary/aromatic N) is 1. The van der Waals surface area contributed by atoms with Gasteiger partial charge < -0.3 is 9.47 Å². The van der Waals surface area contributed by atoms with Crippen molar-refractivity contribution in [1.29, 1.82) is 5.26 Å². The summed E-state index contributed by atoms with van der Waals surface area (Å²) in [5, 5.41) is 12.3. The van der Waals surface area contributed by atoms with Gasteiger partial charge in [-0.25, -0.2) is 0 Å². The molecular weight excluding hydrogens is 204 g/mol. The maximum atomic E-state index is 9.08. The molecule has 0 amide bonds. The Morgan fingerprint density at radius 1 is 1.62 bits per heavy atom. The van der Waals surface area contributed by atoms with Crippen molar-refractivity contribution >= 4 is 0 Å². The van der Waals surface area contributed by atoms with Gasteiger partial charge in [-0.3, -0.25) is 5.32 Å². The second kappa shape index (κ2) is 6.85. The van der Waals surface area contributed by atoms with Gasteiger partial charge in [-0.05, 0) is 32.7 Å². The lowest BCUT2D eigenvalue weighted by atomic mass is 10.1. The van der Waals surface area contributed by atoms with Gasteiger partial charge in [0.05, 0.1) is 25.4 Å². The highest BCUT2D eigenvalue weighted by molar-refractivity contribution is 5.03. The first kappa shape index (κ1) is 13.4. The molecule has 1 saturated heterocycles. The second-order valence-corrected chi connectivity index (χ2v) is 4.52. The largest absolute Gasteiger partial charge is 0.376 e. The summed E-state index contributed by atoms with van der Waals surface area (Å²) in [5.74, 6) is 0. The minimum Gasteiger partial charge on any atom is -0.376 e. The fraction of sp³-hybridized carbons (Fsp3) is 0.917. The molecule has 2 unspecified atom stereocenters. The molecule has 4 heteroatoms. The van der Waals surface area contributed by atoms with Crippen molar-refractivity contribution in [2.45, 2.75) is 44.8 Å². The topological polar surface area (TPSA) is 54.3 Å². The van der Waals surface area contributed by atoms with Gasteiger partial charge in [-0.15, -0.1) is 0 Å². The first-order chi connectivity index (χ1) is 7.70. The van der Waals surface area contributed by atoms with E-state index >= 15 is 0 Å². The molecule has 0 aromatic rings. The molecule has 4 nitrogen and oxygen atoms in total. The van der Waals surface area contributed by atoms with E-state index in [2.05, 4.69) is 18.3 Å². The molecule has 1 heterocycles. The first-order valence-corrected chi connectivity index (χ1v) is 6.06. The molecule has 1 N–H and O–H groups in total. The number of rotatable bonds is 7. The molecular formula is C12H22N2O2. The lowest BCUT2D eigenvalue weighted by Crippen LogP contribution is -2.46. The molecule has 2 atom stereocenters. The van der Waals surface area contributed by atoms with Gasteiger partial charge in [-0.1, -0.05) is 6.92 Å². The van der Waals surface area contributed by atoms with E-state index in [-0.39, 0.29) is 6.10 Å². The van der Waals surface area contributed by atoms with Gasteiger partial charge in [0.2, 0.25) is 0 Å². The van der Waals surface area contributed by atoms with E-state index in [9.17, 15) is 0 Å². The summed E-state index contributed by atoms with van der Waals surface area (Å²) in [6, 6.07) is 2.26. The van der Waals surface area contributed by atoms with Crippen LogP contribution in [0.5, 0.6) is 0 Å². The van der Waals surface area contributed by atoms with Crippen LogP contribution in [0.25, 0.3) is 0 Å². The fourth-order valence-electron chi connectivity index (χ4n) is 1.69. The van der Waals surface area contributed by atoms with Gasteiger partial charge >= 0.3 is 0 Å². The van der Waals surface area contributed by atoms with Crippen LogP contribution in [0.15, 0.2) is 0 Å². The number of hydrogen-bond donors (Lipinski definition) is 1. The number of nitrogens with one attached hydrogen (secondary N) is 1. The maximum absolute atomic E-state index is 9.08. The standard InChI is InChI=1S/C12H22N2O2/c1-3-6-14-12(2,9-13)10-15-8-11-5-4-7-16-11/h11,14H,3-8,10H2,1-2H3. The predicted molar refractivity (Wildman–Crippen MR) is 62.1 cm³/mol. The molecule has 0 aromatic heterocycles. The molecule has 0 aliphatic carbocycles. The normalized spacial score (nSPS) is 23.9.